The highest BCUT2D eigenvalue weighted by atomic mass is 16.5. The van der Waals surface area contributed by atoms with E-state index in [2.05, 4.69) is 27.5 Å². The van der Waals surface area contributed by atoms with E-state index in [1.807, 2.05) is 47.2 Å². The minimum atomic E-state index is -0.111. The first-order valence-corrected chi connectivity index (χ1v) is 13.3. The van der Waals surface area contributed by atoms with Crippen molar-refractivity contribution in [2.75, 3.05) is 12.8 Å². The third-order valence-electron chi connectivity index (χ3n) is 7.43. The summed E-state index contributed by atoms with van der Waals surface area (Å²) in [6.07, 6.45) is 6.88. The lowest BCUT2D eigenvalue weighted by Crippen LogP contribution is -2.27. The van der Waals surface area contributed by atoms with E-state index in [4.69, 9.17) is 20.4 Å². The van der Waals surface area contributed by atoms with Crippen LogP contribution >= 0.6 is 0 Å². The zero-order valence-corrected chi connectivity index (χ0v) is 22.2. The van der Waals surface area contributed by atoms with Gasteiger partial charge in [0, 0.05) is 29.8 Å². The Balaban J connectivity index is 1.28. The number of pyridine rings is 2. The molecule has 1 amide bonds. The van der Waals surface area contributed by atoms with Crippen LogP contribution in [0.25, 0.3) is 34.1 Å². The number of nitrogen functional groups attached to an aromatic ring is 1. The number of carbonyl (C=O) groups is 1. The number of nitrogens with two attached hydrogens (primary N) is 1. The number of nitrogens with zero attached hydrogens (tertiary/aromatic N) is 6. The number of hydrogen-bond acceptors (Lipinski definition) is 7. The molecule has 6 aromatic rings. The minimum absolute atomic E-state index is 0.0776. The highest BCUT2D eigenvalue weighted by Crippen LogP contribution is 2.36. The molecule has 0 radical (unpaired) electrons. The third kappa shape index (κ3) is 4.35. The van der Waals surface area contributed by atoms with Crippen molar-refractivity contribution < 1.29 is 9.53 Å². The van der Waals surface area contributed by atoms with Crippen LogP contribution in [0, 0.1) is 0 Å². The molecule has 3 N–H and O–H groups in total. The number of aryl methyl sites for hydroxylation is 1. The Kier molecular flexibility index (Phi) is 5.93. The van der Waals surface area contributed by atoms with Crippen molar-refractivity contribution in [1.82, 2.24) is 34.6 Å². The van der Waals surface area contributed by atoms with E-state index in [-0.39, 0.29) is 11.9 Å². The zero-order chi connectivity index (χ0) is 27.9. The maximum absolute atomic E-state index is 13.0. The highest BCUT2D eigenvalue weighted by Gasteiger charge is 2.26. The molecular weight excluding hydrogens is 516 g/mol. The van der Waals surface area contributed by atoms with Crippen LogP contribution in [0.5, 0.6) is 5.75 Å². The van der Waals surface area contributed by atoms with Crippen molar-refractivity contribution in [3.8, 4) is 28.6 Å². The number of amides is 1. The maximum atomic E-state index is 13.0. The third-order valence-corrected chi connectivity index (χ3v) is 7.43. The molecule has 41 heavy (non-hydrogen) atoms. The number of anilines is 1. The Bertz CT molecular complexity index is 1890. The molecule has 4 aromatic heterocycles. The van der Waals surface area contributed by atoms with E-state index in [1.165, 1.54) is 0 Å². The standard InChI is InChI=1S/C31H26N8O2/c1-41-22-9-5-19(6-10-22)31(40)36-25-12-7-20-18-21(8-11-23(20)25)39-29(24-4-2-15-33-28(24)32)35-26-13-14-27(37-30(26)39)38-17-3-16-34-38/h2-6,8-11,13-18,25H,7,12H2,1H3,(H2,32,33)(H,36,40)/t25-/m0/s1. The lowest BCUT2D eigenvalue weighted by Gasteiger charge is -2.16. The molecule has 1 aliphatic carbocycles. The van der Waals surface area contributed by atoms with Gasteiger partial charge in [-0.05, 0) is 90.7 Å². The lowest BCUT2D eigenvalue weighted by molar-refractivity contribution is 0.0936. The van der Waals surface area contributed by atoms with Gasteiger partial charge in [-0.25, -0.2) is 19.6 Å². The Morgan fingerprint density at radius 3 is 2.68 bits per heavy atom. The molecule has 202 valence electrons. The first kappa shape index (κ1) is 24.5. The molecule has 0 bridgehead atoms. The molecule has 1 atom stereocenters. The van der Waals surface area contributed by atoms with Crippen LogP contribution < -0.4 is 15.8 Å². The summed E-state index contributed by atoms with van der Waals surface area (Å²) < 4.78 is 8.94. The van der Waals surface area contributed by atoms with Crippen LogP contribution in [-0.2, 0) is 6.42 Å². The summed E-state index contributed by atoms with van der Waals surface area (Å²) in [7, 11) is 1.61. The quantitative estimate of drug-likeness (QED) is 0.313. The van der Waals surface area contributed by atoms with Gasteiger partial charge in [0.1, 0.15) is 17.1 Å². The van der Waals surface area contributed by atoms with Gasteiger partial charge < -0.3 is 15.8 Å². The van der Waals surface area contributed by atoms with Gasteiger partial charge in [-0.1, -0.05) is 6.07 Å². The average molecular weight is 543 g/mol. The SMILES string of the molecule is COc1ccc(C(=O)N[C@H]2CCc3cc(-n4c(-c5cccnc5N)nc5ccc(-n6cccn6)nc54)ccc32)cc1. The summed E-state index contributed by atoms with van der Waals surface area (Å²) in [6, 6.07) is 22.7. The number of aromatic nitrogens is 6. The van der Waals surface area contributed by atoms with Crippen LogP contribution in [0.4, 0.5) is 5.82 Å². The smallest absolute Gasteiger partial charge is 0.251 e. The molecule has 2 aromatic carbocycles. The molecule has 0 aliphatic heterocycles. The van der Waals surface area contributed by atoms with Crippen molar-refractivity contribution in [1.29, 1.82) is 0 Å². The topological polar surface area (TPSA) is 126 Å². The minimum Gasteiger partial charge on any atom is -0.497 e. The van der Waals surface area contributed by atoms with Gasteiger partial charge in [-0.2, -0.15) is 5.10 Å². The second-order valence-corrected chi connectivity index (χ2v) is 9.85. The Labute approximate surface area is 235 Å². The van der Waals surface area contributed by atoms with Crippen molar-refractivity contribution in [2.45, 2.75) is 18.9 Å². The molecule has 10 nitrogen and oxygen atoms in total. The summed E-state index contributed by atoms with van der Waals surface area (Å²) in [5, 5.41) is 7.53. The van der Waals surface area contributed by atoms with Crippen molar-refractivity contribution in [3.05, 3.63) is 108 Å². The Morgan fingerprint density at radius 2 is 1.90 bits per heavy atom. The van der Waals surface area contributed by atoms with E-state index in [1.54, 1.807) is 48.5 Å². The summed E-state index contributed by atoms with van der Waals surface area (Å²) in [6.45, 7) is 0. The van der Waals surface area contributed by atoms with E-state index in [0.29, 0.717) is 34.4 Å². The van der Waals surface area contributed by atoms with E-state index in [9.17, 15) is 4.79 Å². The van der Waals surface area contributed by atoms with Gasteiger partial charge >= 0.3 is 0 Å². The number of benzene rings is 2. The van der Waals surface area contributed by atoms with Gasteiger partial charge in [0.05, 0.1) is 18.7 Å². The van der Waals surface area contributed by atoms with Crippen molar-refractivity contribution >= 4 is 22.9 Å². The fourth-order valence-corrected chi connectivity index (χ4v) is 5.39. The second kappa shape index (κ2) is 9.91. The molecule has 0 saturated heterocycles. The predicted molar refractivity (Wildman–Crippen MR) is 155 cm³/mol. The number of carbonyl (C=O) groups excluding carboxylic acids is 1. The lowest BCUT2D eigenvalue weighted by atomic mass is 10.1. The van der Waals surface area contributed by atoms with Gasteiger partial charge in [-0.3, -0.25) is 9.36 Å². The molecule has 0 saturated carbocycles. The summed E-state index contributed by atoms with van der Waals surface area (Å²) in [5.41, 5.74) is 12.2. The van der Waals surface area contributed by atoms with E-state index in [0.717, 1.165) is 40.7 Å². The monoisotopic (exact) mass is 542 g/mol. The molecule has 0 spiro atoms. The first-order valence-electron chi connectivity index (χ1n) is 13.3. The maximum Gasteiger partial charge on any atom is 0.251 e. The number of methoxy groups -OCH3 is 1. The summed E-state index contributed by atoms with van der Waals surface area (Å²) in [4.78, 5) is 27.1. The number of nitrogens with one attached hydrogen (secondary N) is 1. The van der Waals surface area contributed by atoms with Crippen molar-refractivity contribution in [3.63, 3.8) is 0 Å². The second-order valence-electron chi connectivity index (χ2n) is 9.85. The normalized spacial score (nSPS) is 14.2. The van der Waals surface area contributed by atoms with Gasteiger partial charge in [0.2, 0.25) is 0 Å². The van der Waals surface area contributed by atoms with Crippen molar-refractivity contribution in [2.24, 2.45) is 0 Å². The van der Waals surface area contributed by atoms with E-state index < -0.39 is 0 Å². The fourth-order valence-electron chi connectivity index (χ4n) is 5.39. The van der Waals surface area contributed by atoms with Gasteiger partial charge in [0.15, 0.2) is 17.3 Å². The first-order chi connectivity index (χ1) is 20.1. The van der Waals surface area contributed by atoms with Crippen LogP contribution in [0.1, 0.15) is 33.9 Å². The Hall–Kier alpha value is -5.51. The number of hydrogen-bond donors (Lipinski definition) is 2. The molecule has 0 unspecified atom stereocenters. The molecule has 1 aliphatic rings. The fraction of sp³-hybridized carbons (Fsp3) is 0.129. The van der Waals surface area contributed by atoms with Crippen LogP contribution in [0.15, 0.2) is 91.4 Å². The molecule has 4 heterocycles. The molecule has 0 fully saturated rings. The summed E-state index contributed by atoms with van der Waals surface area (Å²) in [5.74, 6) is 2.32. The predicted octanol–water partition coefficient (Wildman–Crippen LogP) is 4.68. The molecule has 10 heteroatoms. The molecular formula is C31H26N8O2. The Morgan fingerprint density at radius 1 is 1.02 bits per heavy atom. The van der Waals surface area contributed by atoms with Gasteiger partial charge in [-0.15, -0.1) is 0 Å². The largest absolute Gasteiger partial charge is 0.497 e. The van der Waals surface area contributed by atoms with E-state index >= 15 is 0 Å². The average Bonchev–Trinajstić information content (AvgIpc) is 3.76. The number of rotatable bonds is 6. The number of fused-ring (bicyclic) bond motifs is 2. The van der Waals surface area contributed by atoms with Crippen LogP contribution in [0.2, 0.25) is 0 Å². The van der Waals surface area contributed by atoms with Crippen LogP contribution in [-0.4, -0.2) is 42.3 Å². The zero-order valence-electron chi connectivity index (χ0n) is 22.2. The highest BCUT2D eigenvalue weighted by molar-refractivity contribution is 5.94. The number of imidazole rings is 1. The number of ether oxygens (including phenoxy) is 1. The summed E-state index contributed by atoms with van der Waals surface area (Å²) >= 11 is 0. The van der Waals surface area contributed by atoms with Gasteiger partial charge in [0.25, 0.3) is 5.91 Å². The molecule has 7 rings (SSSR count). The van der Waals surface area contributed by atoms with Crippen LogP contribution in [0.3, 0.4) is 0 Å².